The average molecular weight is 445 g/mol. The number of benzene rings is 3. The highest BCUT2D eigenvalue weighted by Gasteiger charge is 2.27. The molecule has 2 heteroatoms. The molecule has 1 heterocycles. The highest BCUT2D eigenvalue weighted by molar-refractivity contribution is 8.12. The first-order valence-electron chi connectivity index (χ1n) is 11.3. The summed E-state index contributed by atoms with van der Waals surface area (Å²) in [4.78, 5) is 6.03. The highest BCUT2D eigenvalue weighted by Crippen LogP contribution is 2.52. The Morgan fingerprint density at radius 3 is 2.06 bits per heavy atom. The molecule has 1 aliphatic carbocycles. The van der Waals surface area contributed by atoms with Gasteiger partial charge in [0.2, 0.25) is 5.69 Å². The summed E-state index contributed by atoms with van der Waals surface area (Å²) in [5.41, 5.74) is 7.93. The molecule has 0 saturated carbocycles. The molecule has 0 radical (unpaired) electrons. The fourth-order valence-corrected chi connectivity index (χ4v) is 5.46. The quantitative estimate of drug-likeness (QED) is 0.323. The summed E-state index contributed by atoms with van der Waals surface area (Å²) >= 11 is 1.91. The Kier molecular flexibility index (Phi) is 6.65. The van der Waals surface area contributed by atoms with Crippen LogP contribution in [0.4, 0.5) is 5.69 Å². The zero-order valence-electron chi connectivity index (χ0n) is 18.4. The lowest BCUT2D eigenvalue weighted by Gasteiger charge is -2.21. The van der Waals surface area contributed by atoms with E-state index >= 15 is 0 Å². The van der Waals surface area contributed by atoms with Crippen LogP contribution in [0.1, 0.15) is 24.0 Å². The molecular formula is C31H26NS+. The summed E-state index contributed by atoms with van der Waals surface area (Å²) in [6.45, 7) is 0. The van der Waals surface area contributed by atoms with Crippen LogP contribution in [-0.4, -0.2) is 6.21 Å². The summed E-state index contributed by atoms with van der Waals surface area (Å²) in [7, 11) is 0. The lowest BCUT2D eigenvalue weighted by atomic mass is 9.97. The van der Waals surface area contributed by atoms with Gasteiger partial charge in [-0.05, 0) is 46.8 Å². The van der Waals surface area contributed by atoms with Crippen LogP contribution in [0.25, 0.3) is 10.5 Å². The highest BCUT2D eigenvalue weighted by atomic mass is 32.2. The van der Waals surface area contributed by atoms with Gasteiger partial charge in [0.1, 0.15) is 0 Å². The normalized spacial score (nSPS) is 16.3. The van der Waals surface area contributed by atoms with E-state index in [-0.39, 0.29) is 0 Å². The average Bonchev–Trinajstić information content (AvgIpc) is 3.30. The standard InChI is InChI=1S/C31H25NS/c1-5-13-24(14-6-1)29-23-30(25-15-7-2-8-16-25)33-31-26(20-21-28(29)31)17-9-4-12-22-32-27-18-10-3-11-19-27/h1-19,22-23H,20-21H2/p+1/b12-4+,17-9+,32-22?. The van der Waals surface area contributed by atoms with Gasteiger partial charge in [0.25, 0.3) is 0 Å². The second-order valence-corrected chi connectivity index (χ2v) is 9.06. The van der Waals surface area contributed by atoms with Gasteiger partial charge in [-0.15, -0.1) is 0 Å². The molecule has 0 amide bonds. The van der Waals surface area contributed by atoms with Gasteiger partial charge in [-0.25, -0.2) is 4.99 Å². The minimum Gasteiger partial charge on any atom is -0.212 e. The predicted octanol–water partition coefficient (Wildman–Crippen LogP) is 6.87. The van der Waals surface area contributed by atoms with Crippen molar-refractivity contribution in [1.82, 2.24) is 0 Å². The van der Waals surface area contributed by atoms with Crippen LogP contribution in [0.2, 0.25) is 0 Å². The Labute approximate surface area is 200 Å². The van der Waals surface area contributed by atoms with Crippen molar-refractivity contribution in [2.45, 2.75) is 12.8 Å². The van der Waals surface area contributed by atoms with Crippen molar-refractivity contribution in [2.75, 3.05) is 0 Å². The molecule has 5 rings (SSSR count). The maximum Gasteiger partial charge on any atom is 0.203 e. The topological polar surface area (TPSA) is 14.0 Å². The molecule has 3 aromatic carbocycles. The van der Waals surface area contributed by atoms with Crippen LogP contribution < -0.4 is 4.99 Å². The van der Waals surface area contributed by atoms with Crippen LogP contribution in [-0.2, 0) is 0 Å². The Balaban J connectivity index is 1.43. The number of para-hydroxylation sites is 1. The third-order valence-corrected chi connectivity index (χ3v) is 7.09. The van der Waals surface area contributed by atoms with Crippen molar-refractivity contribution in [3.8, 4) is 0 Å². The largest absolute Gasteiger partial charge is 0.212 e. The zero-order chi connectivity index (χ0) is 22.3. The summed E-state index contributed by atoms with van der Waals surface area (Å²) in [6.07, 6.45) is 15.1. The third kappa shape index (κ3) is 5.08. The van der Waals surface area contributed by atoms with Gasteiger partial charge in [0.05, 0.1) is 0 Å². The molecule has 0 atom stereocenters. The minimum absolute atomic E-state index is 1.08. The lowest BCUT2D eigenvalue weighted by Crippen LogP contribution is -2.60. The molecule has 2 aliphatic rings. The van der Waals surface area contributed by atoms with Crippen LogP contribution in [0.3, 0.4) is 0 Å². The summed E-state index contributed by atoms with van der Waals surface area (Å²) in [5, 5.41) is 0. The number of nitrogens with one attached hydrogen (secondary N) is 1. The molecule has 33 heavy (non-hydrogen) atoms. The molecule has 0 unspecified atom stereocenters. The molecule has 0 aromatic heterocycles. The molecule has 0 fully saturated rings. The Hall–Kier alpha value is -3.62. The Bertz CT molecular complexity index is 1290. The number of thioether (sulfide) groups is 1. The molecule has 0 bridgehead atoms. The monoisotopic (exact) mass is 444 g/mol. The molecule has 0 saturated heterocycles. The zero-order valence-corrected chi connectivity index (χ0v) is 19.3. The Morgan fingerprint density at radius 1 is 0.667 bits per heavy atom. The Morgan fingerprint density at radius 2 is 1.33 bits per heavy atom. The first-order chi connectivity index (χ1) is 16.4. The minimum atomic E-state index is 1.08. The fourth-order valence-electron chi connectivity index (χ4n) is 4.17. The van der Waals surface area contributed by atoms with Gasteiger partial charge < -0.3 is 0 Å². The number of rotatable bonds is 6. The van der Waals surface area contributed by atoms with Gasteiger partial charge in [0, 0.05) is 28.0 Å². The van der Waals surface area contributed by atoms with Crippen molar-refractivity contribution < 1.29 is 4.99 Å². The predicted molar refractivity (Wildman–Crippen MR) is 143 cm³/mol. The maximum absolute atomic E-state index is 3.29. The van der Waals surface area contributed by atoms with Crippen LogP contribution in [0.5, 0.6) is 0 Å². The molecule has 1 N–H and O–H groups in total. The SMILES string of the molecule is C(/C=C/C=C/C1=C2SC(c3ccccc3)=CC(c3ccccc3)=C2CC1)=[NH+]c1ccccc1. The van der Waals surface area contributed by atoms with Crippen molar-refractivity contribution in [1.29, 1.82) is 0 Å². The van der Waals surface area contributed by atoms with Crippen molar-refractivity contribution in [3.63, 3.8) is 0 Å². The molecule has 160 valence electrons. The summed E-state index contributed by atoms with van der Waals surface area (Å²) in [6, 6.07) is 31.7. The van der Waals surface area contributed by atoms with E-state index in [1.54, 1.807) is 0 Å². The number of hydrogen-bond acceptors (Lipinski definition) is 1. The molecule has 0 spiro atoms. The number of allylic oxidation sites excluding steroid dienone is 8. The first-order valence-corrected chi connectivity index (χ1v) is 12.2. The fraction of sp³-hybridized carbons (Fsp3) is 0.0645. The van der Waals surface area contributed by atoms with E-state index in [0.717, 1.165) is 18.5 Å². The summed E-state index contributed by atoms with van der Waals surface area (Å²) < 4.78 is 0. The molecule has 1 nitrogen and oxygen atoms in total. The van der Waals surface area contributed by atoms with Crippen molar-refractivity contribution >= 4 is 34.1 Å². The van der Waals surface area contributed by atoms with E-state index in [9.17, 15) is 0 Å². The first kappa shape index (κ1) is 21.2. The molecular weight excluding hydrogens is 418 g/mol. The van der Waals surface area contributed by atoms with Gasteiger partial charge >= 0.3 is 0 Å². The second-order valence-electron chi connectivity index (χ2n) is 8.01. The van der Waals surface area contributed by atoms with E-state index < -0.39 is 0 Å². The van der Waals surface area contributed by atoms with E-state index in [0.29, 0.717) is 0 Å². The van der Waals surface area contributed by atoms with Gasteiger partial charge in [-0.3, -0.25) is 0 Å². The second kappa shape index (κ2) is 10.3. The van der Waals surface area contributed by atoms with Gasteiger partial charge in [-0.1, -0.05) is 109 Å². The van der Waals surface area contributed by atoms with Gasteiger partial charge in [-0.2, -0.15) is 0 Å². The van der Waals surface area contributed by atoms with Crippen LogP contribution in [0, 0.1) is 0 Å². The van der Waals surface area contributed by atoms with Crippen LogP contribution in [0.15, 0.2) is 137 Å². The van der Waals surface area contributed by atoms with Gasteiger partial charge in [0.15, 0.2) is 6.21 Å². The molecule has 3 aromatic rings. The molecule has 1 aliphatic heterocycles. The van der Waals surface area contributed by atoms with Crippen molar-refractivity contribution in [3.05, 3.63) is 149 Å². The summed E-state index contributed by atoms with van der Waals surface area (Å²) in [5.74, 6) is 0. The van der Waals surface area contributed by atoms with E-state index in [1.807, 2.05) is 42.3 Å². The lowest BCUT2D eigenvalue weighted by molar-refractivity contribution is -0.346. The third-order valence-electron chi connectivity index (χ3n) is 5.81. The van der Waals surface area contributed by atoms with Crippen LogP contribution >= 0.6 is 11.8 Å². The van der Waals surface area contributed by atoms with E-state index in [1.165, 1.54) is 37.7 Å². The maximum atomic E-state index is 3.29. The number of hydrogen-bond donors (Lipinski definition) is 1. The van der Waals surface area contributed by atoms with Crippen molar-refractivity contribution in [2.24, 2.45) is 0 Å². The van der Waals surface area contributed by atoms with E-state index in [2.05, 4.69) is 102 Å². The van der Waals surface area contributed by atoms with E-state index in [4.69, 9.17) is 0 Å². The number of fused-ring (bicyclic) bond motifs is 1. The smallest absolute Gasteiger partial charge is 0.203 e.